The first-order chi connectivity index (χ1) is 7.77. The Morgan fingerprint density at radius 3 is 2.69 bits per heavy atom. The molecule has 88 valence electrons. The van der Waals surface area contributed by atoms with Crippen molar-refractivity contribution in [2.45, 2.75) is 51.7 Å². The van der Waals surface area contributed by atoms with Crippen LogP contribution in [0.25, 0.3) is 0 Å². The smallest absolute Gasteiger partial charge is 0.0805 e. The van der Waals surface area contributed by atoms with E-state index in [0.29, 0.717) is 6.10 Å². The van der Waals surface area contributed by atoms with Gasteiger partial charge in [0.25, 0.3) is 0 Å². The van der Waals surface area contributed by atoms with Crippen LogP contribution in [0.15, 0.2) is 12.4 Å². The van der Waals surface area contributed by atoms with Gasteiger partial charge in [0.2, 0.25) is 0 Å². The molecule has 4 heteroatoms. The number of aromatic nitrogens is 2. The second-order valence-electron chi connectivity index (χ2n) is 4.39. The van der Waals surface area contributed by atoms with E-state index in [4.69, 9.17) is 4.84 Å². The molecule has 0 radical (unpaired) electrons. The van der Waals surface area contributed by atoms with E-state index in [0.717, 1.165) is 11.4 Å². The molecule has 1 aliphatic carbocycles. The molecule has 0 aliphatic heterocycles. The highest BCUT2D eigenvalue weighted by Crippen LogP contribution is 2.21. The van der Waals surface area contributed by atoms with Crippen molar-refractivity contribution >= 4 is 0 Å². The fraction of sp³-hybridized carbons (Fsp3) is 0.667. The van der Waals surface area contributed by atoms with Gasteiger partial charge in [-0.3, -0.25) is 14.8 Å². The van der Waals surface area contributed by atoms with Crippen molar-refractivity contribution in [3.8, 4) is 0 Å². The normalized spacial score (nSPS) is 18.9. The summed E-state index contributed by atoms with van der Waals surface area (Å²) < 4.78 is 0. The number of aryl methyl sites for hydroxylation is 1. The zero-order chi connectivity index (χ0) is 11.4. The van der Waals surface area contributed by atoms with Crippen LogP contribution in [0.5, 0.6) is 0 Å². The van der Waals surface area contributed by atoms with E-state index >= 15 is 0 Å². The minimum Gasteiger partial charge on any atom is -0.298 e. The van der Waals surface area contributed by atoms with Gasteiger partial charge in [0.1, 0.15) is 0 Å². The van der Waals surface area contributed by atoms with Gasteiger partial charge in [-0.25, -0.2) is 0 Å². The van der Waals surface area contributed by atoms with Crippen LogP contribution in [-0.4, -0.2) is 16.1 Å². The first-order valence-electron chi connectivity index (χ1n) is 5.96. The van der Waals surface area contributed by atoms with Gasteiger partial charge in [0.05, 0.1) is 23.5 Å². The summed E-state index contributed by atoms with van der Waals surface area (Å²) in [6.07, 6.45) is 8.70. The standard InChI is InChI=1S/C12H19N3O/c1-9-12(14-8-7-13-9)10(2)15-16-11-5-3-4-6-11/h7-8,10-11,15H,3-6H2,1-2H3. The Labute approximate surface area is 96.4 Å². The summed E-state index contributed by atoms with van der Waals surface area (Å²) >= 11 is 0. The Hall–Kier alpha value is -1.00. The van der Waals surface area contributed by atoms with E-state index in [-0.39, 0.29) is 6.04 Å². The minimum atomic E-state index is 0.0919. The predicted octanol–water partition coefficient (Wildman–Crippen LogP) is 2.31. The average Bonchev–Trinajstić information content (AvgIpc) is 2.79. The molecule has 0 saturated heterocycles. The summed E-state index contributed by atoms with van der Waals surface area (Å²) in [6, 6.07) is 0.0919. The van der Waals surface area contributed by atoms with Crippen molar-refractivity contribution in [3.63, 3.8) is 0 Å². The molecule has 1 aliphatic rings. The van der Waals surface area contributed by atoms with Gasteiger partial charge in [-0.15, -0.1) is 0 Å². The van der Waals surface area contributed by atoms with Gasteiger partial charge >= 0.3 is 0 Å². The molecule has 0 amide bonds. The van der Waals surface area contributed by atoms with Crippen LogP contribution in [0.1, 0.15) is 50.0 Å². The summed E-state index contributed by atoms with van der Waals surface area (Å²) in [5.74, 6) is 0. The summed E-state index contributed by atoms with van der Waals surface area (Å²) in [4.78, 5) is 14.2. The Morgan fingerprint density at radius 2 is 2.00 bits per heavy atom. The molecule has 1 aromatic rings. The van der Waals surface area contributed by atoms with E-state index in [2.05, 4.69) is 15.4 Å². The lowest BCUT2D eigenvalue weighted by molar-refractivity contribution is -0.0385. The molecule has 0 aromatic carbocycles. The van der Waals surface area contributed by atoms with E-state index < -0.39 is 0 Å². The molecule has 1 atom stereocenters. The zero-order valence-electron chi connectivity index (χ0n) is 9.94. The first kappa shape index (κ1) is 11.5. The molecule has 1 unspecified atom stereocenters. The van der Waals surface area contributed by atoms with Gasteiger partial charge in [-0.1, -0.05) is 12.8 Å². The molecule has 0 bridgehead atoms. The fourth-order valence-corrected chi connectivity index (χ4v) is 2.10. The Kier molecular flexibility index (Phi) is 3.85. The Bertz CT molecular complexity index is 337. The first-order valence-corrected chi connectivity index (χ1v) is 5.96. The largest absolute Gasteiger partial charge is 0.298 e. The summed E-state index contributed by atoms with van der Waals surface area (Å²) in [7, 11) is 0. The maximum atomic E-state index is 5.66. The van der Waals surface area contributed by atoms with Gasteiger partial charge in [-0.2, -0.15) is 5.48 Å². The maximum absolute atomic E-state index is 5.66. The van der Waals surface area contributed by atoms with Crippen LogP contribution in [0.2, 0.25) is 0 Å². The van der Waals surface area contributed by atoms with Crippen LogP contribution >= 0.6 is 0 Å². The van der Waals surface area contributed by atoms with Gasteiger partial charge < -0.3 is 0 Å². The molecular weight excluding hydrogens is 202 g/mol. The van der Waals surface area contributed by atoms with Crippen LogP contribution in [0, 0.1) is 6.92 Å². The number of nitrogens with zero attached hydrogens (tertiary/aromatic N) is 2. The third-order valence-electron chi connectivity index (χ3n) is 3.04. The molecule has 1 heterocycles. The van der Waals surface area contributed by atoms with Crippen molar-refractivity contribution in [2.75, 3.05) is 0 Å². The van der Waals surface area contributed by atoms with Crippen molar-refractivity contribution in [1.29, 1.82) is 0 Å². The Balaban J connectivity index is 1.87. The molecular formula is C12H19N3O. The van der Waals surface area contributed by atoms with Gasteiger partial charge in [0, 0.05) is 12.4 Å². The molecule has 0 spiro atoms. The molecule has 16 heavy (non-hydrogen) atoms. The number of rotatable bonds is 4. The highest BCUT2D eigenvalue weighted by molar-refractivity contribution is 5.11. The molecule has 2 rings (SSSR count). The summed E-state index contributed by atoms with van der Waals surface area (Å²) in [5.41, 5.74) is 4.99. The lowest BCUT2D eigenvalue weighted by Gasteiger charge is -2.17. The third-order valence-corrected chi connectivity index (χ3v) is 3.04. The van der Waals surface area contributed by atoms with Gasteiger partial charge in [-0.05, 0) is 26.7 Å². The van der Waals surface area contributed by atoms with E-state index in [9.17, 15) is 0 Å². The topological polar surface area (TPSA) is 47.0 Å². The second kappa shape index (κ2) is 5.37. The quantitative estimate of drug-likeness (QED) is 0.792. The molecule has 4 nitrogen and oxygen atoms in total. The monoisotopic (exact) mass is 221 g/mol. The molecule has 1 saturated carbocycles. The lowest BCUT2D eigenvalue weighted by atomic mass is 10.2. The zero-order valence-corrected chi connectivity index (χ0v) is 9.94. The predicted molar refractivity (Wildman–Crippen MR) is 61.7 cm³/mol. The highest BCUT2D eigenvalue weighted by Gasteiger charge is 2.18. The van der Waals surface area contributed by atoms with Crippen molar-refractivity contribution in [1.82, 2.24) is 15.4 Å². The fourth-order valence-electron chi connectivity index (χ4n) is 2.10. The molecule has 1 fully saturated rings. The second-order valence-corrected chi connectivity index (χ2v) is 4.39. The molecule has 1 aromatic heterocycles. The number of hydrogen-bond acceptors (Lipinski definition) is 4. The van der Waals surface area contributed by atoms with Crippen LogP contribution in [0.4, 0.5) is 0 Å². The van der Waals surface area contributed by atoms with Crippen LogP contribution < -0.4 is 5.48 Å². The third kappa shape index (κ3) is 2.77. The van der Waals surface area contributed by atoms with Crippen molar-refractivity contribution in [3.05, 3.63) is 23.8 Å². The Morgan fingerprint density at radius 1 is 1.31 bits per heavy atom. The van der Waals surface area contributed by atoms with Crippen LogP contribution in [0.3, 0.4) is 0 Å². The average molecular weight is 221 g/mol. The minimum absolute atomic E-state index is 0.0919. The van der Waals surface area contributed by atoms with Crippen molar-refractivity contribution < 1.29 is 4.84 Å². The summed E-state index contributed by atoms with van der Waals surface area (Å²) in [6.45, 7) is 4.02. The van der Waals surface area contributed by atoms with Crippen LogP contribution in [-0.2, 0) is 4.84 Å². The molecule has 1 N–H and O–H groups in total. The maximum Gasteiger partial charge on any atom is 0.0805 e. The van der Waals surface area contributed by atoms with Gasteiger partial charge in [0.15, 0.2) is 0 Å². The van der Waals surface area contributed by atoms with Crippen molar-refractivity contribution in [2.24, 2.45) is 0 Å². The number of hydroxylamine groups is 1. The van der Waals surface area contributed by atoms with E-state index in [1.807, 2.05) is 13.8 Å². The lowest BCUT2D eigenvalue weighted by Crippen LogP contribution is -2.26. The number of nitrogens with one attached hydrogen (secondary N) is 1. The highest BCUT2D eigenvalue weighted by atomic mass is 16.7. The number of hydrogen-bond donors (Lipinski definition) is 1. The summed E-state index contributed by atoms with van der Waals surface area (Å²) in [5, 5.41) is 0. The van der Waals surface area contributed by atoms with E-state index in [1.165, 1.54) is 25.7 Å². The van der Waals surface area contributed by atoms with E-state index in [1.54, 1.807) is 12.4 Å². The SMILES string of the molecule is Cc1nccnc1C(C)NOC1CCCC1.